The highest BCUT2D eigenvalue weighted by Crippen LogP contribution is 1.88. The van der Waals surface area contributed by atoms with Gasteiger partial charge in [-0.1, -0.05) is 30.4 Å². The minimum Gasteiger partial charge on any atom is -0.356 e. The average molecular weight is 209 g/mol. The van der Waals surface area contributed by atoms with Gasteiger partial charge in [-0.2, -0.15) is 0 Å². The summed E-state index contributed by atoms with van der Waals surface area (Å²) in [6, 6.07) is 5.00. The van der Waals surface area contributed by atoms with Crippen LogP contribution in [0.4, 0.5) is 4.39 Å². The Morgan fingerprint density at radius 3 is 2.79 bits per heavy atom. The van der Waals surface area contributed by atoms with Crippen molar-refractivity contribution in [2.24, 2.45) is 0 Å². The zero-order chi connectivity index (χ0) is 10.6. The van der Waals surface area contributed by atoms with Crippen molar-refractivity contribution in [3.8, 4) is 0 Å². The smallest absolute Gasteiger partial charge is 0.132 e. The van der Waals surface area contributed by atoms with Crippen LogP contribution in [0.1, 0.15) is 13.8 Å². The number of hydrogen-bond acceptors (Lipinski definition) is 1. The number of hydrogen-bond donors (Lipinski definition) is 1. The van der Waals surface area contributed by atoms with Crippen LogP contribution in [0.25, 0.3) is 11.8 Å². The van der Waals surface area contributed by atoms with E-state index in [4.69, 9.17) is 0 Å². The van der Waals surface area contributed by atoms with Crippen LogP contribution >= 0.6 is 12.2 Å². The van der Waals surface area contributed by atoms with Crippen LogP contribution in [-0.2, 0) is 0 Å². The van der Waals surface area contributed by atoms with Crippen molar-refractivity contribution in [3.05, 3.63) is 34.5 Å². The molecule has 1 rings (SSSR count). The SMILES string of the molecule is C/C=c1/cccc(F)/c1=C(\C)NC=S. The van der Waals surface area contributed by atoms with Crippen molar-refractivity contribution in [2.75, 3.05) is 0 Å². The van der Waals surface area contributed by atoms with Crippen LogP contribution in [0, 0.1) is 5.82 Å². The lowest BCUT2D eigenvalue weighted by molar-refractivity contribution is 0.616. The highest BCUT2D eigenvalue weighted by Gasteiger charge is 1.97. The molecule has 1 N–H and O–H groups in total. The third kappa shape index (κ3) is 2.17. The van der Waals surface area contributed by atoms with Crippen LogP contribution in [-0.4, -0.2) is 5.49 Å². The Kier molecular flexibility index (Phi) is 3.77. The quantitative estimate of drug-likeness (QED) is 0.737. The Labute approximate surface area is 88.0 Å². The van der Waals surface area contributed by atoms with E-state index in [2.05, 4.69) is 17.5 Å². The Balaban J connectivity index is 3.61. The summed E-state index contributed by atoms with van der Waals surface area (Å²) in [5, 5.41) is 4.27. The van der Waals surface area contributed by atoms with E-state index in [9.17, 15) is 4.39 Å². The summed E-state index contributed by atoms with van der Waals surface area (Å²) in [6.07, 6.45) is 1.87. The van der Waals surface area contributed by atoms with E-state index in [1.165, 1.54) is 11.6 Å². The molecule has 0 aliphatic carbocycles. The monoisotopic (exact) mass is 209 g/mol. The Hall–Kier alpha value is -1.22. The van der Waals surface area contributed by atoms with Gasteiger partial charge in [0.05, 0.1) is 5.49 Å². The summed E-state index contributed by atoms with van der Waals surface area (Å²) in [4.78, 5) is 0. The molecule has 0 spiro atoms. The molecule has 0 fully saturated rings. The molecule has 74 valence electrons. The fourth-order valence-electron chi connectivity index (χ4n) is 1.34. The van der Waals surface area contributed by atoms with Crippen molar-refractivity contribution in [2.45, 2.75) is 13.8 Å². The summed E-state index contributed by atoms with van der Waals surface area (Å²) >= 11 is 4.66. The molecule has 1 aromatic carbocycles. The molecule has 1 nitrogen and oxygen atoms in total. The third-order valence-electron chi connectivity index (χ3n) is 2.01. The molecule has 0 aliphatic rings. The molecule has 0 amide bonds. The van der Waals surface area contributed by atoms with E-state index in [0.717, 1.165) is 10.9 Å². The van der Waals surface area contributed by atoms with Gasteiger partial charge in [0.25, 0.3) is 0 Å². The van der Waals surface area contributed by atoms with Gasteiger partial charge in [-0.25, -0.2) is 4.39 Å². The normalized spacial score (nSPS) is 13.8. The number of benzene rings is 1. The molecule has 14 heavy (non-hydrogen) atoms. The van der Waals surface area contributed by atoms with E-state index in [0.29, 0.717) is 5.22 Å². The lowest BCUT2D eigenvalue weighted by Crippen LogP contribution is -2.33. The summed E-state index contributed by atoms with van der Waals surface area (Å²) in [5.74, 6) is -0.234. The Bertz CT molecular complexity index is 451. The zero-order valence-corrected chi connectivity index (χ0v) is 8.99. The molecule has 0 unspecified atom stereocenters. The van der Waals surface area contributed by atoms with Crippen molar-refractivity contribution in [1.29, 1.82) is 0 Å². The van der Waals surface area contributed by atoms with Gasteiger partial charge >= 0.3 is 0 Å². The lowest BCUT2D eigenvalue weighted by atomic mass is 10.2. The summed E-state index contributed by atoms with van der Waals surface area (Å²) in [7, 11) is 0. The van der Waals surface area contributed by atoms with Crippen LogP contribution in [0.15, 0.2) is 18.2 Å². The van der Waals surface area contributed by atoms with Gasteiger partial charge in [-0.3, -0.25) is 0 Å². The number of halogens is 1. The first-order valence-corrected chi connectivity index (χ1v) is 4.79. The summed E-state index contributed by atoms with van der Waals surface area (Å²) in [5.41, 5.74) is 2.10. The molecule has 0 bridgehead atoms. The van der Waals surface area contributed by atoms with Gasteiger partial charge < -0.3 is 5.32 Å². The standard InChI is InChI=1S/C11H12FNS/c1-3-9-5-4-6-10(12)11(9)8(2)13-7-14/h3-7H,1-2H3,(H,13,14)/b9-3-,11-8+. The molecule has 0 aromatic heterocycles. The van der Waals surface area contributed by atoms with E-state index in [-0.39, 0.29) is 5.82 Å². The van der Waals surface area contributed by atoms with Gasteiger partial charge in [0, 0.05) is 10.9 Å². The minimum absolute atomic E-state index is 0.234. The van der Waals surface area contributed by atoms with Crippen LogP contribution in [0.5, 0.6) is 0 Å². The fourth-order valence-corrected chi connectivity index (χ4v) is 1.51. The average Bonchev–Trinajstić information content (AvgIpc) is 2.17. The zero-order valence-electron chi connectivity index (χ0n) is 8.17. The summed E-state index contributed by atoms with van der Waals surface area (Å²) < 4.78 is 13.5. The van der Waals surface area contributed by atoms with E-state index >= 15 is 0 Å². The number of nitrogens with one attached hydrogen (secondary N) is 1. The first-order chi connectivity index (χ1) is 6.70. The molecule has 0 aliphatic heterocycles. The second kappa shape index (κ2) is 4.86. The maximum Gasteiger partial charge on any atom is 0.132 e. The second-order valence-corrected chi connectivity index (χ2v) is 3.12. The molecule has 3 heteroatoms. The molecule has 0 heterocycles. The highest BCUT2D eigenvalue weighted by atomic mass is 32.1. The maximum absolute atomic E-state index is 13.5. The van der Waals surface area contributed by atoms with E-state index < -0.39 is 0 Å². The lowest BCUT2D eigenvalue weighted by Gasteiger charge is -2.00. The minimum atomic E-state index is -0.234. The van der Waals surface area contributed by atoms with Crippen LogP contribution < -0.4 is 15.8 Å². The number of rotatable bonds is 2. The predicted molar refractivity (Wildman–Crippen MR) is 61.7 cm³/mol. The van der Waals surface area contributed by atoms with Crippen LogP contribution in [0.3, 0.4) is 0 Å². The molecular formula is C11H12FNS. The first-order valence-electron chi connectivity index (χ1n) is 4.32. The highest BCUT2D eigenvalue weighted by molar-refractivity contribution is 7.78. The van der Waals surface area contributed by atoms with Crippen LogP contribution in [0.2, 0.25) is 0 Å². The fraction of sp³-hybridized carbons (Fsp3) is 0.182. The molecule has 0 saturated heterocycles. The molecule has 0 radical (unpaired) electrons. The van der Waals surface area contributed by atoms with Gasteiger partial charge in [-0.15, -0.1) is 0 Å². The van der Waals surface area contributed by atoms with Crippen molar-refractivity contribution in [1.82, 2.24) is 5.32 Å². The van der Waals surface area contributed by atoms with Gasteiger partial charge in [0.15, 0.2) is 0 Å². The predicted octanol–water partition coefficient (Wildman–Crippen LogP) is 1.30. The maximum atomic E-state index is 13.5. The largest absolute Gasteiger partial charge is 0.356 e. The first kappa shape index (κ1) is 10.9. The van der Waals surface area contributed by atoms with Gasteiger partial charge in [0.1, 0.15) is 5.82 Å². The summed E-state index contributed by atoms with van der Waals surface area (Å²) in [6.45, 7) is 3.68. The van der Waals surface area contributed by atoms with Crippen molar-refractivity contribution >= 4 is 29.5 Å². The second-order valence-electron chi connectivity index (χ2n) is 2.88. The molecule has 0 saturated carbocycles. The molecular weight excluding hydrogens is 197 g/mol. The van der Waals surface area contributed by atoms with Gasteiger partial charge in [-0.05, 0) is 25.1 Å². The Morgan fingerprint density at radius 1 is 1.50 bits per heavy atom. The van der Waals surface area contributed by atoms with Crippen molar-refractivity contribution < 1.29 is 4.39 Å². The van der Waals surface area contributed by atoms with E-state index in [1.807, 2.05) is 19.1 Å². The molecule has 0 atom stereocenters. The Morgan fingerprint density at radius 2 is 2.21 bits per heavy atom. The van der Waals surface area contributed by atoms with E-state index in [1.54, 1.807) is 13.0 Å². The van der Waals surface area contributed by atoms with Crippen molar-refractivity contribution in [3.63, 3.8) is 0 Å². The number of thiocarbonyl (C=S) groups is 1. The van der Waals surface area contributed by atoms with Gasteiger partial charge in [0.2, 0.25) is 0 Å². The third-order valence-corrected chi connectivity index (χ3v) is 2.13. The topological polar surface area (TPSA) is 12.0 Å². The molecule has 1 aromatic rings.